The smallest absolute Gasteiger partial charge is 0.240 e. The first kappa shape index (κ1) is 10.9. The van der Waals surface area contributed by atoms with Crippen LogP contribution < -0.4 is 5.43 Å². The minimum Gasteiger partial charge on any atom is -0.480 e. The van der Waals surface area contributed by atoms with Gasteiger partial charge in [0.05, 0.1) is 6.61 Å². The Morgan fingerprint density at radius 2 is 2.17 bits per heavy atom. The van der Waals surface area contributed by atoms with Crippen molar-refractivity contribution in [2.75, 3.05) is 6.61 Å². The summed E-state index contributed by atoms with van der Waals surface area (Å²) in [5, 5.41) is 3.73. The Balaban J connectivity index is 3.63. The molecule has 4 nitrogen and oxygen atoms in total. The van der Waals surface area contributed by atoms with Crippen LogP contribution in [0.25, 0.3) is 0 Å². The van der Waals surface area contributed by atoms with E-state index >= 15 is 0 Å². The second-order valence-corrected chi connectivity index (χ2v) is 2.35. The van der Waals surface area contributed by atoms with Gasteiger partial charge < -0.3 is 4.74 Å². The molecule has 12 heavy (non-hydrogen) atoms. The summed E-state index contributed by atoms with van der Waals surface area (Å²) >= 11 is 0. The predicted molar refractivity (Wildman–Crippen MR) is 47.8 cm³/mol. The lowest BCUT2D eigenvalue weighted by atomic mass is 10.3. The highest BCUT2D eigenvalue weighted by molar-refractivity contribution is 5.79. The highest BCUT2D eigenvalue weighted by atomic mass is 16.5. The molecule has 0 unspecified atom stereocenters. The van der Waals surface area contributed by atoms with Crippen molar-refractivity contribution in [3.8, 4) is 0 Å². The van der Waals surface area contributed by atoms with Crippen LogP contribution in [-0.4, -0.2) is 18.4 Å². The van der Waals surface area contributed by atoms with Crippen molar-refractivity contribution in [3.63, 3.8) is 0 Å². The number of amides is 1. The Morgan fingerprint density at radius 3 is 2.67 bits per heavy atom. The molecule has 0 atom stereocenters. The van der Waals surface area contributed by atoms with E-state index in [4.69, 9.17) is 4.74 Å². The van der Waals surface area contributed by atoms with Gasteiger partial charge in [-0.1, -0.05) is 6.92 Å². The molecule has 0 bridgehead atoms. The van der Waals surface area contributed by atoms with E-state index in [2.05, 4.69) is 10.5 Å². The third-order valence-corrected chi connectivity index (χ3v) is 1.17. The maximum Gasteiger partial charge on any atom is 0.240 e. The zero-order valence-corrected chi connectivity index (χ0v) is 7.89. The summed E-state index contributed by atoms with van der Waals surface area (Å²) in [6.07, 6.45) is 1.33. The fraction of sp³-hybridized carbons (Fsp3) is 0.750. The molecule has 4 heteroatoms. The fourth-order valence-corrected chi connectivity index (χ4v) is 0.665. The van der Waals surface area contributed by atoms with Gasteiger partial charge >= 0.3 is 0 Å². The van der Waals surface area contributed by atoms with Crippen LogP contribution in [0.3, 0.4) is 0 Å². The van der Waals surface area contributed by atoms with Gasteiger partial charge in [0, 0.05) is 13.3 Å². The third kappa shape index (κ3) is 5.70. The van der Waals surface area contributed by atoms with Crippen LogP contribution in [0, 0.1) is 0 Å². The number of hydrazone groups is 1. The van der Waals surface area contributed by atoms with Crippen molar-refractivity contribution in [2.24, 2.45) is 5.10 Å². The monoisotopic (exact) mass is 172 g/mol. The van der Waals surface area contributed by atoms with E-state index in [-0.39, 0.29) is 5.91 Å². The van der Waals surface area contributed by atoms with E-state index in [0.29, 0.717) is 18.9 Å². The first-order valence-corrected chi connectivity index (χ1v) is 4.16. The average molecular weight is 172 g/mol. The van der Waals surface area contributed by atoms with Crippen LogP contribution >= 0.6 is 0 Å². The molecular weight excluding hydrogens is 156 g/mol. The molecule has 0 spiro atoms. The van der Waals surface area contributed by atoms with Crippen LogP contribution in [0.15, 0.2) is 5.10 Å². The van der Waals surface area contributed by atoms with Gasteiger partial charge in [-0.15, -0.1) is 5.10 Å². The standard InChI is InChI=1S/C8H16N2O2/c1-4-6-8(11)10-9-7(3)12-5-2/h4-6H2,1-3H3,(H,10,11). The SMILES string of the molecule is CCCC(=O)NN=C(C)OCC. The minimum atomic E-state index is -0.0726. The number of carbonyl (C=O) groups is 1. The summed E-state index contributed by atoms with van der Waals surface area (Å²) in [6, 6.07) is 0. The Labute approximate surface area is 73.0 Å². The van der Waals surface area contributed by atoms with Gasteiger partial charge in [-0.05, 0) is 13.3 Å². The van der Waals surface area contributed by atoms with Gasteiger partial charge in [-0.25, -0.2) is 5.43 Å². The number of carbonyl (C=O) groups excluding carboxylic acids is 1. The summed E-state index contributed by atoms with van der Waals surface area (Å²) < 4.78 is 5.01. The molecule has 0 aromatic heterocycles. The van der Waals surface area contributed by atoms with Crippen molar-refractivity contribution in [1.82, 2.24) is 5.43 Å². The summed E-state index contributed by atoms with van der Waals surface area (Å²) in [4.78, 5) is 10.9. The lowest BCUT2D eigenvalue weighted by molar-refractivity contribution is -0.121. The van der Waals surface area contributed by atoms with Gasteiger partial charge in [0.15, 0.2) is 0 Å². The quantitative estimate of drug-likeness (QED) is 0.394. The van der Waals surface area contributed by atoms with Crippen LogP contribution in [0.1, 0.15) is 33.6 Å². The molecular formula is C8H16N2O2. The van der Waals surface area contributed by atoms with E-state index in [1.165, 1.54) is 0 Å². The van der Waals surface area contributed by atoms with E-state index < -0.39 is 0 Å². The summed E-state index contributed by atoms with van der Waals surface area (Å²) in [5.74, 6) is 0.415. The molecule has 0 aromatic carbocycles. The normalized spacial score (nSPS) is 11.1. The van der Waals surface area contributed by atoms with Crippen LogP contribution in [0.2, 0.25) is 0 Å². The Kier molecular flexibility index (Phi) is 6.05. The number of rotatable bonds is 4. The summed E-state index contributed by atoms with van der Waals surface area (Å²) in [6.45, 7) is 6.08. The second kappa shape index (κ2) is 6.64. The van der Waals surface area contributed by atoms with Crippen molar-refractivity contribution in [3.05, 3.63) is 0 Å². The first-order chi connectivity index (χ1) is 5.70. The fourth-order valence-electron chi connectivity index (χ4n) is 0.665. The zero-order valence-electron chi connectivity index (χ0n) is 7.89. The molecule has 1 amide bonds. The molecule has 0 heterocycles. The Bertz CT molecular complexity index is 166. The molecule has 0 radical (unpaired) electrons. The van der Waals surface area contributed by atoms with Gasteiger partial charge in [-0.3, -0.25) is 4.79 Å². The lowest BCUT2D eigenvalue weighted by Crippen LogP contribution is -2.18. The van der Waals surface area contributed by atoms with E-state index in [1.54, 1.807) is 6.92 Å². The van der Waals surface area contributed by atoms with Crippen molar-refractivity contribution in [1.29, 1.82) is 0 Å². The van der Waals surface area contributed by atoms with E-state index in [9.17, 15) is 4.79 Å². The van der Waals surface area contributed by atoms with Crippen molar-refractivity contribution >= 4 is 11.8 Å². The van der Waals surface area contributed by atoms with Crippen LogP contribution in [0.4, 0.5) is 0 Å². The number of nitrogens with one attached hydrogen (secondary N) is 1. The summed E-state index contributed by atoms with van der Waals surface area (Å²) in [7, 11) is 0. The first-order valence-electron chi connectivity index (χ1n) is 4.16. The van der Waals surface area contributed by atoms with Crippen molar-refractivity contribution in [2.45, 2.75) is 33.6 Å². The van der Waals surface area contributed by atoms with E-state index in [0.717, 1.165) is 6.42 Å². The van der Waals surface area contributed by atoms with Crippen LogP contribution in [0.5, 0.6) is 0 Å². The second-order valence-electron chi connectivity index (χ2n) is 2.35. The topological polar surface area (TPSA) is 50.7 Å². The van der Waals surface area contributed by atoms with Gasteiger partial charge in [0.25, 0.3) is 0 Å². The molecule has 70 valence electrons. The van der Waals surface area contributed by atoms with Gasteiger partial charge in [-0.2, -0.15) is 0 Å². The molecule has 0 aliphatic rings. The van der Waals surface area contributed by atoms with Gasteiger partial charge in [0.2, 0.25) is 11.8 Å². The van der Waals surface area contributed by atoms with E-state index in [1.807, 2.05) is 13.8 Å². The zero-order chi connectivity index (χ0) is 9.40. The molecule has 1 N–H and O–H groups in total. The molecule has 0 aromatic rings. The lowest BCUT2D eigenvalue weighted by Gasteiger charge is -2.01. The number of ether oxygens (including phenoxy) is 1. The highest BCUT2D eigenvalue weighted by Crippen LogP contribution is 1.86. The minimum absolute atomic E-state index is 0.0726. The highest BCUT2D eigenvalue weighted by Gasteiger charge is 1.96. The maximum absolute atomic E-state index is 10.9. The number of nitrogens with zero attached hydrogens (tertiary/aromatic N) is 1. The average Bonchev–Trinajstić information content (AvgIpc) is 2.02. The van der Waals surface area contributed by atoms with Gasteiger partial charge in [0.1, 0.15) is 0 Å². The third-order valence-electron chi connectivity index (χ3n) is 1.17. The number of hydrogen-bond donors (Lipinski definition) is 1. The number of hydrogen-bond acceptors (Lipinski definition) is 3. The molecule has 0 saturated carbocycles. The summed E-state index contributed by atoms with van der Waals surface area (Å²) in [5.41, 5.74) is 2.39. The molecule has 0 aliphatic carbocycles. The predicted octanol–water partition coefficient (Wildman–Crippen LogP) is 1.27. The largest absolute Gasteiger partial charge is 0.480 e. The maximum atomic E-state index is 10.9. The molecule has 0 aliphatic heterocycles. The van der Waals surface area contributed by atoms with Crippen LogP contribution in [-0.2, 0) is 9.53 Å². The Morgan fingerprint density at radius 1 is 1.50 bits per heavy atom. The molecule has 0 saturated heterocycles. The van der Waals surface area contributed by atoms with Crippen molar-refractivity contribution < 1.29 is 9.53 Å². The Hall–Kier alpha value is -1.06. The molecule has 0 fully saturated rings. The molecule has 0 rings (SSSR count).